The van der Waals surface area contributed by atoms with Gasteiger partial charge in [-0.25, -0.2) is 0 Å². The number of carbonyl (C=O) groups is 1. The molecule has 0 atom stereocenters. The molecule has 25 heavy (non-hydrogen) atoms. The van der Waals surface area contributed by atoms with E-state index < -0.39 is 0 Å². The van der Waals surface area contributed by atoms with Crippen molar-refractivity contribution in [2.75, 3.05) is 26.3 Å². The molecule has 1 fully saturated rings. The number of hydrogen-bond acceptors (Lipinski definition) is 3. The van der Waals surface area contributed by atoms with E-state index in [1.54, 1.807) is 12.3 Å². The molecule has 1 aliphatic rings. The lowest BCUT2D eigenvalue weighted by Crippen LogP contribution is -2.39. The summed E-state index contributed by atoms with van der Waals surface area (Å²) >= 11 is 6.23. The summed E-state index contributed by atoms with van der Waals surface area (Å²) in [4.78, 5) is 19.1. The van der Waals surface area contributed by atoms with Gasteiger partial charge in [-0.1, -0.05) is 23.7 Å². The molecule has 1 aromatic heterocycles. The minimum atomic E-state index is 0.0729. The van der Waals surface area contributed by atoms with E-state index in [0.29, 0.717) is 22.2 Å². The highest BCUT2D eigenvalue weighted by molar-refractivity contribution is 6.33. The highest BCUT2D eigenvalue weighted by Crippen LogP contribution is 2.26. The highest BCUT2D eigenvalue weighted by atomic mass is 35.5. The van der Waals surface area contributed by atoms with Gasteiger partial charge in [0.05, 0.1) is 10.7 Å². The molecule has 0 saturated carbocycles. The highest BCUT2D eigenvalue weighted by Gasteiger charge is 2.24. The van der Waals surface area contributed by atoms with Gasteiger partial charge in [0, 0.05) is 43.6 Å². The van der Waals surface area contributed by atoms with Gasteiger partial charge in [0.1, 0.15) is 0 Å². The van der Waals surface area contributed by atoms with Crippen molar-refractivity contribution < 1.29 is 9.53 Å². The van der Waals surface area contributed by atoms with Crippen molar-refractivity contribution in [3.8, 4) is 11.3 Å². The summed E-state index contributed by atoms with van der Waals surface area (Å²) in [7, 11) is 0. The third-order valence-electron chi connectivity index (χ3n) is 4.60. The molecule has 0 radical (unpaired) electrons. The number of piperidine rings is 1. The average Bonchev–Trinajstić information content (AvgIpc) is 2.67. The molecule has 4 nitrogen and oxygen atoms in total. The first-order chi connectivity index (χ1) is 12.2. The summed E-state index contributed by atoms with van der Waals surface area (Å²) in [6.45, 7) is 5.13. The smallest absolute Gasteiger partial charge is 0.253 e. The molecule has 1 aromatic carbocycles. The molecule has 1 aliphatic heterocycles. The first-order valence-electron chi connectivity index (χ1n) is 8.77. The van der Waals surface area contributed by atoms with Crippen LogP contribution in [0.25, 0.3) is 11.3 Å². The Morgan fingerprint density at radius 1 is 1.28 bits per heavy atom. The van der Waals surface area contributed by atoms with Crippen molar-refractivity contribution in [1.29, 1.82) is 0 Å². The van der Waals surface area contributed by atoms with Crippen molar-refractivity contribution in [3.63, 3.8) is 0 Å². The van der Waals surface area contributed by atoms with E-state index in [1.165, 1.54) is 0 Å². The number of carbonyl (C=O) groups excluding carboxylic acids is 1. The minimum Gasteiger partial charge on any atom is -0.381 e. The van der Waals surface area contributed by atoms with Crippen LogP contribution in [0.4, 0.5) is 0 Å². The molecule has 0 N–H and O–H groups in total. The van der Waals surface area contributed by atoms with Gasteiger partial charge in [-0.3, -0.25) is 9.78 Å². The third-order valence-corrected chi connectivity index (χ3v) is 4.91. The SMILES string of the molecule is CCOCC1CCN(C(=O)c2cccc(-c3ncccc3Cl)c2)CC1. The van der Waals surface area contributed by atoms with Gasteiger partial charge in [0.15, 0.2) is 0 Å². The maximum Gasteiger partial charge on any atom is 0.253 e. The van der Waals surface area contributed by atoms with Gasteiger partial charge >= 0.3 is 0 Å². The number of likely N-dealkylation sites (tertiary alicyclic amines) is 1. The Labute approximate surface area is 153 Å². The zero-order chi connectivity index (χ0) is 17.6. The van der Waals surface area contributed by atoms with Crippen molar-refractivity contribution in [3.05, 3.63) is 53.2 Å². The Bertz CT molecular complexity index is 727. The molecule has 0 unspecified atom stereocenters. The van der Waals surface area contributed by atoms with Crippen LogP contribution >= 0.6 is 11.6 Å². The van der Waals surface area contributed by atoms with E-state index in [-0.39, 0.29) is 5.91 Å². The lowest BCUT2D eigenvalue weighted by molar-refractivity contribution is 0.0551. The number of ether oxygens (including phenoxy) is 1. The number of pyridine rings is 1. The molecule has 0 spiro atoms. The molecule has 1 saturated heterocycles. The fourth-order valence-electron chi connectivity index (χ4n) is 3.17. The first-order valence-corrected chi connectivity index (χ1v) is 9.14. The van der Waals surface area contributed by atoms with E-state index >= 15 is 0 Å². The van der Waals surface area contributed by atoms with Crippen molar-refractivity contribution in [2.24, 2.45) is 5.92 Å². The molecular formula is C20H23ClN2O2. The van der Waals surface area contributed by atoms with Crippen molar-refractivity contribution in [1.82, 2.24) is 9.88 Å². The van der Waals surface area contributed by atoms with E-state index in [9.17, 15) is 4.79 Å². The Morgan fingerprint density at radius 3 is 2.80 bits per heavy atom. The summed E-state index contributed by atoms with van der Waals surface area (Å²) in [6, 6.07) is 11.2. The third kappa shape index (κ3) is 4.39. The Morgan fingerprint density at radius 2 is 2.08 bits per heavy atom. The summed E-state index contributed by atoms with van der Waals surface area (Å²) < 4.78 is 5.51. The molecule has 0 aliphatic carbocycles. The number of rotatable bonds is 5. The van der Waals surface area contributed by atoms with Crippen LogP contribution in [0, 0.1) is 5.92 Å². The number of amides is 1. The van der Waals surface area contributed by atoms with Gasteiger partial charge in [0.2, 0.25) is 0 Å². The quantitative estimate of drug-likeness (QED) is 0.800. The monoisotopic (exact) mass is 358 g/mol. The zero-order valence-corrected chi connectivity index (χ0v) is 15.2. The van der Waals surface area contributed by atoms with Crippen LogP contribution in [0.2, 0.25) is 5.02 Å². The summed E-state index contributed by atoms with van der Waals surface area (Å²) in [5, 5.41) is 0.587. The predicted octanol–water partition coefficient (Wildman–Crippen LogP) is 4.29. The van der Waals surface area contributed by atoms with Crippen LogP contribution in [0.3, 0.4) is 0 Å². The predicted molar refractivity (Wildman–Crippen MR) is 99.8 cm³/mol. The van der Waals surface area contributed by atoms with Crippen LogP contribution in [-0.2, 0) is 4.74 Å². The van der Waals surface area contributed by atoms with Gasteiger partial charge in [-0.05, 0) is 49.9 Å². The second-order valence-corrected chi connectivity index (χ2v) is 6.72. The minimum absolute atomic E-state index is 0.0729. The molecular weight excluding hydrogens is 336 g/mol. The molecule has 3 rings (SSSR count). The maximum atomic E-state index is 12.8. The van der Waals surface area contributed by atoms with Gasteiger partial charge in [-0.15, -0.1) is 0 Å². The van der Waals surface area contributed by atoms with Crippen LogP contribution in [-0.4, -0.2) is 42.1 Å². The number of hydrogen-bond donors (Lipinski definition) is 0. The summed E-state index contributed by atoms with van der Waals surface area (Å²) in [5.41, 5.74) is 2.25. The molecule has 2 aromatic rings. The molecule has 5 heteroatoms. The fraction of sp³-hybridized carbons (Fsp3) is 0.400. The van der Waals surface area contributed by atoms with E-state index in [0.717, 1.165) is 44.7 Å². The van der Waals surface area contributed by atoms with E-state index in [4.69, 9.17) is 16.3 Å². The van der Waals surface area contributed by atoms with Gasteiger partial charge in [-0.2, -0.15) is 0 Å². The normalized spacial score (nSPS) is 15.4. The van der Waals surface area contributed by atoms with Crippen molar-refractivity contribution in [2.45, 2.75) is 19.8 Å². The zero-order valence-electron chi connectivity index (χ0n) is 14.5. The van der Waals surface area contributed by atoms with Crippen LogP contribution < -0.4 is 0 Å². The first kappa shape index (κ1) is 17.9. The fourth-order valence-corrected chi connectivity index (χ4v) is 3.40. The van der Waals surface area contributed by atoms with Crippen LogP contribution in [0.15, 0.2) is 42.6 Å². The van der Waals surface area contributed by atoms with Crippen molar-refractivity contribution >= 4 is 17.5 Å². The number of aromatic nitrogens is 1. The second kappa shape index (κ2) is 8.45. The maximum absolute atomic E-state index is 12.8. The Kier molecular flexibility index (Phi) is 6.05. The summed E-state index contributed by atoms with van der Waals surface area (Å²) in [6.07, 6.45) is 3.70. The van der Waals surface area contributed by atoms with E-state index in [2.05, 4.69) is 4.98 Å². The molecule has 1 amide bonds. The lowest BCUT2D eigenvalue weighted by Gasteiger charge is -2.32. The van der Waals surface area contributed by atoms with E-state index in [1.807, 2.05) is 42.2 Å². The number of nitrogens with zero attached hydrogens (tertiary/aromatic N) is 2. The number of benzene rings is 1. The Hall–Kier alpha value is -1.91. The molecule has 0 bridgehead atoms. The second-order valence-electron chi connectivity index (χ2n) is 6.31. The largest absolute Gasteiger partial charge is 0.381 e. The summed E-state index contributed by atoms with van der Waals surface area (Å²) in [5.74, 6) is 0.631. The number of halogens is 1. The topological polar surface area (TPSA) is 42.4 Å². The molecule has 2 heterocycles. The van der Waals surface area contributed by atoms with Gasteiger partial charge < -0.3 is 9.64 Å². The van der Waals surface area contributed by atoms with Crippen LogP contribution in [0.1, 0.15) is 30.1 Å². The standard InChI is InChI=1S/C20H23ClN2O2/c1-2-25-14-15-8-11-23(12-9-15)20(24)17-6-3-5-16(13-17)19-18(21)7-4-10-22-19/h3-7,10,13,15H,2,8-9,11-12,14H2,1H3. The Balaban J connectivity index is 1.69. The molecule has 132 valence electrons. The van der Waals surface area contributed by atoms with Gasteiger partial charge in [0.25, 0.3) is 5.91 Å². The lowest BCUT2D eigenvalue weighted by atomic mass is 9.97. The van der Waals surface area contributed by atoms with Crippen LogP contribution in [0.5, 0.6) is 0 Å². The average molecular weight is 359 g/mol.